The molecular formula is C28H30Cl2FN5O2. The van der Waals surface area contributed by atoms with Crippen LogP contribution in [-0.4, -0.2) is 34.5 Å². The molecule has 7 nitrogen and oxygen atoms in total. The van der Waals surface area contributed by atoms with E-state index in [4.69, 9.17) is 39.4 Å². The molecule has 2 aliphatic heterocycles. The minimum Gasteiger partial charge on any atom is -0.482 e. The van der Waals surface area contributed by atoms with Gasteiger partial charge in [-0.15, -0.1) is 0 Å². The van der Waals surface area contributed by atoms with Crippen LogP contribution in [0.25, 0.3) is 11.1 Å². The van der Waals surface area contributed by atoms with Crippen LogP contribution < -0.4 is 21.5 Å². The van der Waals surface area contributed by atoms with Gasteiger partial charge in [0.1, 0.15) is 11.9 Å². The molecule has 1 fully saturated rings. The number of aromatic nitrogens is 1. The maximum Gasteiger partial charge on any atom is 0.314 e. The number of urea groups is 1. The number of halogens is 3. The van der Waals surface area contributed by atoms with E-state index < -0.39 is 11.9 Å². The number of nitrogens with zero attached hydrogens (tertiary/aromatic N) is 2. The number of carbonyl (C=O) groups is 1. The quantitative estimate of drug-likeness (QED) is 0.316. The summed E-state index contributed by atoms with van der Waals surface area (Å²) in [5.41, 5.74) is 15.7. The molecule has 0 unspecified atom stereocenters. The molecular weight excluding hydrogens is 528 g/mol. The SMILES string of the molecule is C[C@@H](Oc1cc(-c2ccc3c(c2)C2(CCN(C(N)=O)CC2)C(C)(C)N3)cnc1N)c1c(Cl)ccc(F)c1Cl. The zero-order valence-electron chi connectivity index (χ0n) is 21.4. The van der Waals surface area contributed by atoms with Crippen molar-refractivity contribution in [3.63, 3.8) is 0 Å². The smallest absolute Gasteiger partial charge is 0.314 e. The monoisotopic (exact) mass is 557 g/mol. The minimum absolute atomic E-state index is 0.0888. The largest absolute Gasteiger partial charge is 0.482 e. The summed E-state index contributed by atoms with van der Waals surface area (Å²) in [6, 6.07) is 10.4. The summed E-state index contributed by atoms with van der Waals surface area (Å²) in [6.45, 7) is 7.34. The Morgan fingerprint density at radius 1 is 1.16 bits per heavy atom. The lowest BCUT2D eigenvalue weighted by Crippen LogP contribution is -2.55. The number of anilines is 2. The standard InChI is InChI=1S/C28H30Cl2FN5O2/c1-15(23-19(29)5-6-20(31)24(23)30)38-22-13-17(14-34-25(22)32)16-4-7-21-18(12-16)28(27(2,3)35-21)8-10-36(11-9-28)26(33)37/h4-7,12-15,35H,8-11H2,1-3H3,(H2,32,34)(H2,33,37)/t15-/m1/s1. The van der Waals surface area contributed by atoms with Crippen LogP contribution in [0.4, 0.5) is 20.7 Å². The van der Waals surface area contributed by atoms with Crippen LogP contribution in [0.1, 0.15) is 50.8 Å². The maximum atomic E-state index is 14.1. The second kappa shape index (κ2) is 9.50. The molecule has 0 bridgehead atoms. The highest BCUT2D eigenvalue weighted by Crippen LogP contribution is 2.54. The maximum absolute atomic E-state index is 14.1. The summed E-state index contributed by atoms with van der Waals surface area (Å²) in [5, 5.41) is 3.90. The van der Waals surface area contributed by atoms with E-state index in [0.717, 1.165) is 29.7 Å². The van der Waals surface area contributed by atoms with E-state index in [1.165, 1.54) is 17.7 Å². The molecule has 1 aromatic heterocycles. The van der Waals surface area contributed by atoms with Crippen LogP contribution >= 0.6 is 23.2 Å². The molecule has 2 amide bonds. The number of primary amides is 1. The summed E-state index contributed by atoms with van der Waals surface area (Å²) < 4.78 is 20.2. The van der Waals surface area contributed by atoms with Crippen molar-refractivity contribution in [3.05, 3.63) is 69.6 Å². The topological polar surface area (TPSA) is 106 Å². The number of rotatable bonds is 4. The molecule has 5 rings (SSSR count). The van der Waals surface area contributed by atoms with E-state index in [-0.39, 0.29) is 27.8 Å². The first-order valence-electron chi connectivity index (χ1n) is 12.5. The highest BCUT2D eigenvalue weighted by molar-refractivity contribution is 6.36. The molecule has 0 aliphatic carbocycles. The van der Waals surface area contributed by atoms with E-state index in [1.807, 2.05) is 12.1 Å². The van der Waals surface area contributed by atoms with Crippen LogP contribution in [0.2, 0.25) is 10.0 Å². The number of nitrogens with two attached hydrogens (primary N) is 2. The van der Waals surface area contributed by atoms with Crippen LogP contribution in [0.15, 0.2) is 42.6 Å². The van der Waals surface area contributed by atoms with Crippen molar-refractivity contribution < 1.29 is 13.9 Å². The summed E-state index contributed by atoms with van der Waals surface area (Å²) >= 11 is 12.5. The molecule has 3 aromatic rings. The Bertz CT molecular complexity index is 1420. The molecule has 38 heavy (non-hydrogen) atoms. The number of carbonyl (C=O) groups excluding carboxylic acids is 1. The third-order valence-corrected chi connectivity index (χ3v) is 8.83. The summed E-state index contributed by atoms with van der Waals surface area (Å²) in [7, 11) is 0. The van der Waals surface area contributed by atoms with Crippen LogP contribution in [0.5, 0.6) is 5.75 Å². The van der Waals surface area contributed by atoms with Gasteiger partial charge in [0, 0.05) is 52.1 Å². The number of fused-ring (bicyclic) bond motifs is 2. The van der Waals surface area contributed by atoms with E-state index in [0.29, 0.717) is 29.4 Å². The number of nitrogens with one attached hydrogen (secondary N) is 1. The van der Waals surface area contributed by atoms with E-state index in [2.05, 4.69) is 36.3 Å². The molecule has 10 heteroatoms. The highest BCUT2D eigenvalue weighted by Gasteiger charge is 2.53. The lowest BCUT2D eigenvalue weighted by molar-refractivity contribution is 0.139. The van der Waals surface area contributed by atoms with Gasteiger partial charge in [0.25, 0.3) is 0 Å². The number of likely N-dealkylation sites (tertiary alicyclic amines) is 1. The second-order valence-corrected chi connectivity index (χ2v) is 11.3. The molecule has 2 aliphatic rings. The van der Waals surface area contributed by atoms with Gasteiger partial charge in [-0.3, -0.25) is 0 Å². The van der Waals surface area contributed by atoms with Crippen LogP contribution in [0.3, 0.4) is 0 Å². The van der Waals surface area contributed by atoms with Crippen LogP contribution in [0, 0.1) is 5.82 Å². The fourth-order valence-corrected chi connectivity index (χ4v) is 6.58. The summed E-state index contributed by atoms with van der Waals surface area (Å²) in [6.07, 6.45) is 2.63. The normalized spacial score (nSPS) is 18.1. The fraction of sp³-hybridized carbons (Fsp3) is 0.357. The zero-order chi connectivity index (χ0) is 27.4. The molecule has 3 heterocycles. The first kappa shape index (κ1) is 26.4. The van der Waals surface area contributed by atoms with Crippen molar-refractivity contribution in [2.45, 2.75) is 50.7 Å². The second-order valence-electron chi connectivity index (χ2n) is 10.5. The predicted octanol–water partition coefficient (Wildman–Crippen LogP) is 6.53. The Labute approximate surface area is 231 Å². The molecule has 0 saturated carbocycles. The van der Waals surface area contributed by atoms with Gasteiger partial charge in [-0.05, 0) is 75.1 Å². The van der Waals surface area contributed by atoms with Crippen molar-refractivity contribution in [1.29, 1.82) is 0 Å². The number of amides is 2. The Morgan fingerprint density at radius 2 is 1.87 bits per heavy atom. The van der Waals surface area contributed by atoms with Crippen molar-refractivity contribution >= 4 is 40.7 Å². The van der Waals surface area contributed by atoms with Gasteiger partial charge >= 0.3 is 6.03 Å². The fourth-order valence-electron chi connectivity index (χ4n) is 5.90. The van der Waals surface area contributed by atoms with E-state index in [9.17, 15) is 9.18 Å². The Balaban J connectivity index is 1.48. The van der Waals surface area contributed by atoms with Crippen molar-refractivity contribution in [3.8, 4) is 16.9 Å². The van der Waals surface area contributed by atoms with Gasteiger partial charge in [0.15, 0.2) is 11.6 Å². The predicted molar refractivity (Wildman–Crippen MR) is 149 cm³/mol. The number of nitrogen functional groups attached to an aromatic ring is 1. The lowest BCUT2D eigenvalue weighted by atomic mass is 9.63. The van der Waals surface area contributed by atoms with E-state index >= 15 is 0 Å². The van der Waals surface area contributed by atoms with Gasteiger partial charge in [0.05, 0.1) is 5.02 Å². The number of benzene rings is 2. The van der Waals surface area contributed by atoms with Crippen molar-refractivity contribution in [1.82, 2.24) is 9.88 Å². The lowest BCUT2D eigenvalue weighted by Gasteiger charge is -2.47. The third-order valence-electron chi connectivity index (χ3n) is 8.11. The Kier molecular flexibility index (Phi) is 6.60. The number of ether oxygens (including phenoxy) is 1. The number of hydrogen-bond acceptors (Lipinski definition) is 5. The molecule has 0 radical (unpaired) electrons. The number of hydrogen-bond donors (Lipinski definition) is 3. The molecule has 1 atom stereocenters. The highest BCUT2D eigenvalue weighted by atomic mass is 35.5. The average Bonchev–Trinajstić information content (AvgIpc) is 3.08. The van der Waals surface area contributed by atoms with Gasteiger partial charge in [0.2, 0.25) is 0 Å². The van der Waals surface area contributed by atoms with Gasteiger partial charge in [-0.2, -0.15) is 0 Å². The van der Waals surface area contributed by atoms with E-state index in [1.54, 1.807) is 18.0 Å². The molecule has 5 N–H and O–H groups in total. The average molecular weight is 558 g/mol. The van der Waals surface area contributed by atoms with Crippen LogP contribution in [-0.2, 0) is 5.41 Å². The first-order valence-corrected chi connectivity index (χ1v) is 13.2. The Hall–Kier alpha value is -3.23. The number of piperidine rings is 1. The first-order chi connectivity index (χ1) is 17.9. The van der Waals surface area contributed by atoms with Crippen molar-refractivity contribution in [2.75, 3.05) is 24.1 Å². The van der Waals surface area contributed by atoms with Gasteiger partial charge < -0.3 is 26.4 Å². The summed E-state index contributed by atoms with van der Waals surface area (Å²) in [5.74, 6) is -0.0371. The van der Waals surface area contributed by atoms with Gasteiger partial charge in [-0.25, -0.2) is 14.2 Å². The minimum atomic E-state index is -0.672. The van der Waals surface area contributed by atoms with Crippen molar-refractivity contribution in [2.24, 2.45) is 5.73 Å². The van der Waals surface area contributed by atoms with Gasteiger partial charge in [-0.1, -0.05) is 29.3 Å². The summed E-state index contributed by atoms with van der Waals surface area (Å²) in [4.78, 5) is 17.8. The molecule has 1 spiro atoms. The molecule has 2 aromatic carbocycles. The molecule has 1 saturated heterocycles. The zero-order valence-corrected chi connectivity index (χ0v) is 23.0. The third kappa shape index (κ3) is 4.29. The molecule has 200 valence electrons. The number of pyridine rings is 1. The Morgan fingerprint density at radius 3 is 2.55 bits per heavy atom.